The summed E-state index contributed by atoms with van der Waals surface area (Å²) in [6.45, 7) is 0. The number of aldehydes is 1. The lowest BCUT2D eigenvalue weighted by Gasteiger charge is -2.01. The minimum absolute atomic E-state index is 0.197. The summed E-state index contributed by atoms with van der Waals surface area (Å²) in [6, 6.07) is 4.49. The molecule has 1 rings (SSSR count). The van der Waals surface area contributed by atoms with Crippen LogP contribution >= 0.6 is 0 Å². The van der Waals surface area contributed by atoms with Gasteiger partial charge in [0.1, 0.15) is 6.29 Å². The molecule has 1 aromatic rings. The summed E-state index contributed by atoms with van der Waals surface area (Å²) in [7, 11) is 1.40. The van der Waals surface area contributed by atoms with E-state index in [1.54, 1.807) is 6.07 Å². The molecule has 0 saturated carbocycles. The SMILES string of the molecule is COc1ccc(/C=C\C=O)cc1F. The first-order valence-corrected chi connectivity index (χ1v) is 3.73. The summed E-state index contributed by atoms with van der Waals surface area (Å²) in [5.74, 6) is -0.237. The maximum absolute atomic E-state index is 13.0. The molecule has 0 N–H and O–H groups in total. The lowest BCUT2D eigenvalue weighted by molar-refractivity contribution is -0.104. The van der Waals surface area contributed by atoms with Crippen molar-refractivity contribution in [1.82, 2.24) is 0 Å². The van der Waals surface area contributed by atoms with Crippen LogP contribution in [0.3, 0.4) is 0 Å². The molecule has 0 amide bonds. The Morgan fingerprint density at radius 2 is 2.23 bits per heavy atom. The number of benzene rings is 1. The van der Waals surface area contributed by atoms with Crippen molar-refractivity contribution in [3.63, 3.8) is 0 Å². The van der Waals surface area contributed by atoms with Crippen molar-refractivity contribution in [2.45, 2.75) is 0 Å². The van der Waals surface area contributed by atoms with Crippen molar-refractivity contribution in [2.24, 2.45) is 0 Å². The first-order valence-electron chi connectivity index (χ1n) is 3.73. The minimum atomic E-state index is -0.435. The van der Waals surface area contributed by atoms with Crippen LogP contribution in [0.4, 0.5) is 4.39 Å². The minimum Gasteiger partial charge on any atom is -0.494 e. The van der Waals surface area contributed by atoms with E-state index in [1.807, 2.05) is 0 Å². The number of allylic oxidation sites excluding steroid dienone is 1. The van der Waals surface area contributed by atoms with Gasteiger partial charge in [0, 0.05) is 0 Å². The molecule has 0 radical (unpaired) electrons. The van der Waals surface area contributed by atoms with Crippen LogP contribution in [0, 0.1) is 5.82 Å². The van der Waals surface area contributed by atoms with Crippen LogP contribution in [-0.2, 0) is 4.79 Å². The third-order valence-corrected chi connectivity index (χ3v) is 1.54. The number of halogens is 1. The summed E-state index contributed by atoms with van der Waals surface area (Å²) < 4.78 is 17.8. The molecule has 0 aromatic heterocycles. The first-order chi connectivity index (χ1) is 6.27. The van der Waals surface area contributed by atoms with E-state index >= 15 is 0 Å². The predicted octanol–water partition coefficient (Wildman–Crippen LogP) is 2.05. The molecular formula is C10H9FO2. The van der Waals surface area contributed by atoms with Gasteiger partial charge in [-0.1, -0.05) is 12.1 Å². The Labute approximate surface area is 75.6 Å². The van der Waals surface area contributed by atoms with Crippen molar-refractivity contribution >= 4 is 12.4 Å². The fourth-order valence-electron chi connectivity index (χ4n) is 0.937. The van der Waals surface area contributed by atoms with E-state index in [4.69, 9.17) is 4.74 Å². The third-order valence-electron chi connectivity index (χ3n) is 1.54. The van der Waals surface area contributed by atoms with E-state index in [0.29, 0.717) is 11.8 Å². The highest BCUT2D eigenvalue weighted by atomic mass is 19.1. The molecule has 0 aliphatic heterocycles. The van der Waals surface area contributed by atoms with Gasteiger partial charge in [-0.05, 0) is 23.8 Å². The molecule has 2 nitrogen and oxygen atoms in total. The highest BCUT2D eigenvalue weighted by Crippen LogP contribution is 2.18. The normalized spacial score (nSPS) is 10.3. The Hall–Kier alpha value is -1.64. The molecule has 3 heteroatoms. The fraction of sp³-hybridized carbons (Fsp3) is 0.100. The van der Waals surface area contributed by atoms with Gasteiger partial charge in [0.15, 0.2) is 11.6 Å². The fourth-order valence-corrected chi connectivity index (χ4v) is 0.937. The Morgan fingerprint density at radius 1 is 1.46 bits per heavy atom. The van der Waals surface area contributed by atoms with Crippen molar-refractivity contribution in [3.8, 4) is 5.75 Å². The molecule has 0 unspecified atom stereocenters. The zero-order valence-electron chi connectivity index (χ0n) is 7.16. The van der Waals surface area contributed by atoms with Crippen LogP contribution in [0.15, 0.2) is 24.3 Å². The van der Waals surface area contributed by atoms with E-state index in [9.17, 15) is 9.18 Å². The molecule has 0 aliphatic carbocycles. The van der Waals surface area contributed by atoms with E-state index in [-0.39, 0.29) is 5.75 Å². The molecule has 13 heavy (non-hydrogen) atoms. The number of hydrogen-bond donors (Lipinski definition) is 0. The Bertz CT molecular complexity index is 332. The van der Waals surface area contributed by atoms with Gasteiger partial charge < -0.3 is 4.74 Å². The molecule has 0 aliphatic rings. The lowest BCUT2D eigenvalue weighted by Crippen LogP contribution is -1.87. The third kappa shape index (κ3) is 2.40. The average molecular weight is 180 g/mol. The number of carbonyl (C=O) groups is 1. The molecule has 0 atom stereocenters. The topological polar surface area (TPSA) is 26.3 Å². The maximum atomic E-state index is 13.0. The molecule has 1 aromatic carbocycles. The summed E-state index contributed by atoms with van der Waals surface area (Å²) >= 11 is 0. The van der Waals surface area contributed by atoms with Crippen LogP contribution in [0.5, 0.6) is 5.75 Å². The zero-order chi connectivity index (χ0) is 9.68. The zero-order valence-corrected chi connectivity index (χ0v) is 7.16. The second-order valence-corrected chi connectivity index (χ2v) is 2.39. The van der Waals surface area contributed by atoms with Crippen molar-refractivity contribution in [1.29, 1.82) is 0 Å². The van der Waals surface area contributed by atoms with E-state index in [2.05, 4.69) is 0 Å². The number of methoxy groups -OCH3 is 1. The Kier molecular flexibility index (Phi) is 3.20. The quantitative estimate of drug-likeness (QED) is 0.525. The predicted molar refractivity (Wildman–Crippen MR) is 48.1 cm³/mol. The van der Waals surface area contributed by atoms with Crippen LogP contribution in [0.25, 0.3) is 6.08 Å². The molecule has 0 spiro atoms. The maximum Gasteiger partial charge on any atom is 0.165 e. The lowest BCUT2D eigenvalue weighted by atomic mass is 10.2. The summed E-state index contributed by atoms with van der Waals surface area (Å²) in [5.41, 5.74) is 0.630. The van der Waals surface area contributed by atoms with Gasteiger partial charge in [-0.2, -0.15) is 0 Å². The van der Waals surface area contributed by atoms with Crippen molar-refractivity contribution < 1.29 is 13.9 Å². The van der Waals surface area contributed by atoms with Gasteiger partial charge in [0.2, 0.25) is 0 Å². The van der Waals surface area contributed by atoms with Crippen LogP contribution < -0.4 is 4.74 Å². The largest absolute Gasteiger partial charge is 0.494 e. The highest BCUT2D eigenvalue weighted by molar-refractivity contribution is 5.73. The smallest absolute Gasteiger partial charge is 0.165 e. The standard InChI is InChI=1S/C10H9FO2/c1-13-10-5-4-8(3-2-6-12)7-9(10)11/h2-7H,1H3/b3-2-. The molecule has 0 bridgehead atoms. The van der Waals surface area contributed by atoms with Gasteiger partial charge >= 0.3 is 0 Å². The van der Waals surface area contributed by atoms with E-state index in [1.165, 1.54) is 31.4 Å². The number of rotatable bonds is 3. The van der Waals surface area contributed by atoms with Gasteiger partial charge in [-0.15, -0.1) is 0 Å². The molecular weight excluding hydrogens is 171 g/mol. The molecule has 0 fully saturated rings. The Morgan fingerprint density at radius 3 is 2.77 bits per heavy atom. The molecule has 0 heterocycles. The van der Waals surface area contributed by atoms with E-state index < -0.39 is 5.82 Å². The van der Waals surface area contributed by atoms with Gasteiger partial charge in [0.25, 0.3) is 0 Å². The molecule has 0 saturated heterocycles. The first kappa shape index (κ1) is 9.45. The summed E-state index contributed by atoms with van der Waals surface area (Å²) in [6.07, 6.45) is 3.47. The van der Waals surface area contributed by atoms with Crippen molar-refractivity contribution in [3.05, 3.63) is 35.7 Å². The van der Waals surface area contributed by atoms with Crippen LogP contribution in [-0.4, -0.2) is 13.4 Å². The van der Waals surface area contributed by atoms with Gasteiger partial charge in [-0.3, -0.25) is 4.79 Å². The van der Waals surface area contributed by atoms with Crippen LogP contribution in [0.1, 0.15) is 5.56 Å². The number of carbonyl (C=O) groups excluding carboxylic acids is 1. The van der Waals surface area contributed by atoms with Crippen molar-refractivity contribution in [2.75, 3.05) is 7.11 Å². The number of ether oxygens (including phenoxy) is 1. The Balaban J connectivity index is 2.95. The molecule has 68 valence electrons. The number of hydrogen-bond acceptors (Lipinski definition) is 2. The second kappa shape index (κ2) is 4.40. The van der Waals surface area contributed by atoms with Crippen LogP contribution in [0.2, 0.25) is 0 Å². The van der Waals surface area contributed by atoms with Gasteiger partial charge in [-0.25, -0.2) is 4.39 Å². The van der Waals surface area contributed by atoms with E-state index in [0.717, 1.165) is 0 Å². The van der Waals surface area contributed by atoms with Gasteiger partial charge in [0.05, 0.1) is 7.11 Å². The summed E-state index contributed by atoms with van der Waals surface area (Å²) in [5, 5.41) is 0. The highest BCUT2D eigenvalue weighted by Gasteiger charge is 2.00. The monoisotopic (exact) mass is 180 g/mol. The second-order valence-electron chi connectivity index (χ2n) is 2.39. The average Bonchev–Trinajstić information content (AvgIpc) is 2.15. The summed E-state index contributed by atoms with van der Waals surface area (Å²) in [4.78, 5) is 9.98.